The van der Waals surface area contributed by atoms with Crippen LogP contribution >= 0.6 is 11.3 Å². The Kier molecular flexibility index (Phi) is 17.1. The molecule has 2 aliphatic heterocycles. The third-order valence-electron chi connectivity index (χ3n) is 12.4. The molecule has 2 fully saturated rings. The number of benzene rings is 1. The first-order valence-electron chi connectivity index (χ1n) is 20.8. The highest BCUT2D eigenvalue weighted by Crippen LogP contribution is 2.32. The number of rotatable bonds is 19. The SMILES string of the molecule is CC[C@H](C)[C@@H]([C@H](CC(=O)N1CCC[C@H]1[C@H](OC)[C@@H](C)C(=O)N[C@@H](Cc1ccccc1)c1nccs1)OC)N(C)C(=O)[C@@H](NC(=O)[C@]1(C)CCCCN1C(=O)O)C(C)C. The smallest absolute Gasteiger partial charge is 0.408 e. The molecular weight excluding hydrogens is 761 g/mol. The largest absolute Gasteiger partial charge is 0.465 e. The molecule has 322 valence electrons. The summed E-state index contributed by atoms with van der Waals surface area (Å²) in [5.74, 6) is -2.16. The summed E-state index contributed by atoms with van der Waals surface area (Å²) in [6.45, 7) is 11.9. The standard InChI is InChI=1S/C43H66N6O8S/c1-10-28(4)36(47(7)40(52)35(27(2)3)46-41(53)43(6)20-14-15-23-49(43)42(54)55)33(56-8)26-34(50)48-22-16-19-32(48)37(57-9)29(5)38(51)45-31(39-44-21-24-58-39)25-30-17-12-11-13-18-30/h11-13,17-18,21,24,27-29,31-33,35-37H,10,14-16,19-20,22-23,25-26H2,1-9H3,(H,45,51)(H,46,53)(H,54,55)/t28-,29+,31-,32-,33-,35-,36-,37+,43-/m0/s1. The van der Waals surface area contributed by atoms with E-state index in [0.29, 0.717) is 45.1 Å². The fourth-order valence-electron chi connectivity index (χ4n) is 8.76. The average molecular weight is 827 g/mol. The second-order valence-electron chi connectivity index (χ2n) is 16.6. The van der Waals surface area contributed by atoms with Gasteiger partial charge in [0.25, 0.3) is 0 Å². The third kappa shape index (κ3) is 10.9. The van der Waals surface area contributed by atoms with Gasteiger partial charge in [0.05, 0.1) is 42.7 Å². The van der Waals surface area contributed by atoms with Crippen LogP contribution in [-0.2, 0) is 35.1 Å². The van der Waals surface area contributed by atoms with Crippen molar-refractivity contribution in [1.82, 2.24) is 30.3 Å². The van der Waals surface area contributed by atoms with E-state index >= 15 is 0 Å². The van der Waals surface area contributed by atoms with Crippen molar-refractivity contribution in [1.29, 1.82) is 0 Å². The molecule has 0 unspecified atom stereocenters. The zero-order chi connectivity index (χ0) is 42.7. The van der Waals surface area contributed by atoms with Gasteiger partial charge in [-0.05, 0) is 62.8 Å². The number of amides is 5. The summed E-state index contributed by atoms with van der Waals surface area (Å²) in [6, 6.07) is 7.81. The number of likely N-dealkylation sites (tertiary alicyclic amines) is 2. The van der Waals surface area contributed by atoms with Crippen molar-refractivity contribution in [2.24, 2.45) is 17.8 Å². The van der Waals surface area contributed by atoms with E-state index in [1.807, 2.05) is 70.3 Å². The third-order valence-corrected chi connectivity index (χ3v) is 13.3. The molecule has 3 N–H and O–H groups in total. The molecule has 9 atom stereocenters. The van der Waals surface area contributed by atoms with E-state index in [0.717, 1.165) is 17.0 Å². The zero-order valence-corrected chi connectivity index (χ0v) is 36.6. The molecule has 0 saturated carbocycles. The predicted molar refractivity (Wildman–Crippen MR) is 223 cm³/mol. The van der Waals surface area contributed by atoms with Gasteiger partial charge < -0.3 is 35.0 Å². The Bertz CT molecular complexity index is 1660. The van der Waals surface area contributed by atoms with Crippen LogP contribution in [0.3, 0.4) is 0 Å². The number of hydrogen-bond donors (Lipinski definition) is 3. The van der Waals surface area contributed by atoms with Gasteiger partial charge >= 0.3 is 6.09 Å². The normalized spacial score (nSPS) is 22.0. The summed E-state index contributed by atoms with van der Waals surface area (Å²) in [7, 11) is 4.80. The molecule has 0 bridgehead atoms. The highest BCUT2D eigenvalue weighted by molar-refractivity contribution is 7.09. The van der Waals surface area contributed by atoms with Gasteiger partial charge in [-0.15, -0.1) is 11.3 Å². The molecule has 1 aromatic heterocycles. The Morgan fingerprint density at radius 1 is 1.02 bits per heavy atom. The molecule has 2 aromatic rings. The number of piperidine rings is 1. The number of carbonyl (C=O) groups excluding carboxylic acids is 4. The van der Waals surface area contributed by atoms with Crippen LogP contribution in [0.5, 0.6) is 0 Å². The van der Waals surface area contributed by atoms with Gasteiger partial charge in [0, 0.05) is 45.9 Å². The second kappa shape index (κ2) is 21.3. The van der Waals surface area contributed by atoms with Crippen LogP contribution in [0, 0.1) is 17.8 Å². The first-order chi connectivity index (χ1) is 27.6. The van der Waals surface area contributed by atoms with Gasteiger partial charge in [-0.25, -0.2) is 9.78 Å². The van der Waals surface area contributed by atoms with Crippen molar-refractivity contribution in [2.45, 2.75) is 135 Å². The number of methoxy groups -OCH3 is 2. The van der Waals surface area contributed by atoms with Gasteiger partial charge in [0.15, 0.2) is 0 Å². The lowest BCUT2D eigenvalue weighted by molar-refractivity contribution is -0.148. The lowest BCUT2D eigenvalue weighted by atomic mass is 9.86. The van der Waals surface area contributed by atoms with Gasteiger partial charge in [-0.2, -0.15) is 0 Å². The van der Waals surface area contributed by atoms with Crippen molar-refractivity contribution >= 4 is 41.1 Å². The summed E-state index contributed by atoms with van der Waals surface area (Å²) in [4.78, 5) is 77.6. The molecule has 14 nitrogen and oxygen atoms in total. The lowest BCUT2D eigenvalue weighted by Crippen LogP contribution is -2.64. The van der Waals surface area contributed by atoms with Crippen molar-refractivity contribution < 1.29 is 38.6 Å². The summed E-state index contributed by atoms with van der Waals surface area (Å²) in [5.41, 5.74) is -0.226. The molecule has 0 spiro atoms. The van der Waals surface area contributed by atoms with Crippen LogP contribution in [0.15, 0.2) is 41.9 Å². The van der Waals surface area contributed by atoms with E-state index in [-0.39, 0.29) is 54.6 Å². The number of carbonyl (C=O) groups is 5. The molecule has 3 heterocycles. The number of carboxylic acid groups (broad SMARTS) is 1. The Labute approximate surface area is 348 Å². The molecule has 0 radical (unpaired) electrons. The maximum Gasteiger partial charge on any atom is 0.408 e. The first kappa shape index (κ1) is 46.6. The van der Waals surface area contributed by atoms with Crippen molar-refractivity contribution in [2.75, 3.05) is 34.4 Å². The molecule has 5 amide bonds. The van der Waals surface area contributed by atoms with E-state index in [1.54, 1.807) is 37.1 Å². The minimum Gasteiger partial charge on any atom is -0.465 e. The number of nitrogens with one attached hydrogen (secondary N) is 2. The van der Waals surface area contributed by atoms with Crippen LogP contribution in [-0.4, -0.2) is 125 Å². The molecule has 1 aromatic carbocycles. The molecule has 15 heteroatoms. The van der Waals surface area contributed by atoms with Crippen molar-refractivity contribution in [3.8, 4) is 0 Å². The number of likely N-dealkylation sites (N-methyl/N-ethyl adjacent to an activating group) is 1. The lowest BCUT2D eigenvalue weighted by Gasteiger charge is -2.43. The van der Waals surface area contributed by atoms with Crippen LogP contribution in [0.4, 0.5) is 4.79 Å². The Hall–Kier alpha value is -4.08. The monoisotopic (exact) mass is 826 g/mol. The topological polar surface area (TPSA) is 171 Å². The zero-order valence-electron chi connectivity index (χ0n) is 35.8. The Balaban J connectivity index is 1.49. The summed E-state index contributed by atoms with van der Waals surface area (Å²) in [6.07, 6.45) is 3.71. The fraction of sp³-hybridized carbons (Fsp3) is 0.674. The van der Waals surface area contributed by atoms with Gasteiger partial charge in [0.1, 0.15) is 16.6 Å². The van der Waals surface area contributed by atoms with Crippen molar-refractivity contribution in [3.05, 3.63) is 52.5 Å². The minimum atomic E-state index is -1.30. The second-order valence-corrected chi connectivity index (χ2v) is 17.5. The van der Waals surface area contributed by atoms with E-state index in [4.69, 9.17) is 9.47 Å². The van der Waals surface area contributed by atoms with Crippen molar-refractivity contribution in [3.63, 3.8) is 0 Å². The van der Waals surface area contributed by atoms with E-state index in [9.17, 15) is 29.1 Å². The number of thiazole rings is 1. The van der Waals surface area contributed by atoms with Gasteiger partial charge in [-0.3, -0.25) is 24.1 Å². The van der Waals surface area contributed by atoms with Gasteiger partial charge in [0.2, 0.25) is 23.6 Å². The summed E-state index contributed by atoms with van der Waals surface area (Å²) >= 11 is 1.49. The molecule has 58 heavy (non-hydrogen) atoms. The Morgan fingerprint density at radius 2 is 1.72 bits per heavy atom. The van der Waals surface area contributed by atoms with E-state index in [2.05, 4.69) is 15.6 Å². The molecule has 2 saturated heterocycles. The molecule has 0 aliphatic carbocycles. The summed E-state index contributed by atoms with van der Waals surface area (Å²) < 4.78 is 12.1. The fourth-order valence-corrected chi connectivity index (χ4v) is 9.45. The van der Waals surface area contributed by atoms with E-state index in [1.165, 1.54) is 23.3 Å². The number of hydrogen-bond acceptors (Lipinski definition) is 9. The van der Waals surface area contributed by atoms with Crippen LogP contribution in [0.25, 0.3) is 0 Å². The molecular formula is C43H66N6O8S. The predicted octanol–water partition coefficient (Wildman–Crippen LogP) is 5.53. The molecule has 4 rings (SSSR count). The maximum absolute atomic E-state index is 14.4. The number of ether oxygens (including phenoxy) is 2. The highest BCUT2D eigenvalue weighted by Gasteiger charge is 2.47. The molecule has 2 aliphatic rings. The maximum atomic E-state index is 14.4. The minimum absolute atomic E-state index is 0.00974. The van der Waals surface area contributed by atoms with Crippen LogP contribution in [0.1, 0.15) is 103 Å². The quantitative estimate of drug-likeness (QED) is 0.165. The Morgan fingerprint density at radius 3 is 2.31 bits per heavy atom. The number of aromatic nitrogens is 1. The highest BCUT2D eigenvalue weighted by atomic mass is 32.1. The van der Waals surface area contributed by atoms with Crippen LogP contribution < -0.4 is 10.6 Å². The van der Waals surface area contributed by atoms with Gasteiger partial charge in [-0.1, -0.05) is 71.4 Å². The summed E-state index contributed by atoms with van der Waals surface area (Å²) in [5, 5.41) is 18.7. The van der Waals surface area contributed by atoms with Crippen LogP contribution in [0.2, 0.25) is 0 Å². The average Bonchev–Trinajstić information content (AvgIpc) is 3.93. The number of nitrogens with zero attached hydrogens (tertiary/aromatic N) is 4. The van der Waals surface area contributed by atoms with E-state index < -0.39 is 47.7 Å². The first-order valence-corrected chi connectivity index (χ1v) is 21.6.